The van der Waals surface area contributed by atoms with Crippen molar-refractivity contribution in [2.75, 3.05) is 13.1 Å². The Bertz CT molecular complexity index is 93.9. The molecule has 0 aliphatic heterocycles. The van der Waals surface area contributed by atoms with Crippen LogP contribution in [0.2, 0.25) is 0 Å². The van der Waals surface area contributed by atoms with E-state index in [0.717, 1.165) is 0 Å². The summed E-state index contributed by atoms with van der Waals surface area (Å²) in [5.41, 5.74) is 5.00. The Morgan fingerprint density at radius 2 is 2.43 bits per heavy atom. The first-order valence-electron chi connectivity index (χ1n) is 1.98. The molecule has 0 spiro atoms. The topological polar surface area (TPSA) is 52.1 Å². The Balaban J connectivity index is 3.37. The van der Waals surface area contributed by atoms with Crippen LogP contribution in [0.15, 0.2) is 6.58 Å². The third-order valence-corrected chi connectivity index (χ3v) is 0.509. The summed E-state index contributed by atoms with van der Waals surface area (Å²) in [5.74, 6) is 2.11. The van der Waals surface area contributed by atoms with Gasteiger partial charge in [0.2, 0.25) is 0 Å². The quantitative estimate of drug-likeness (QED) is 0.216. The molecule has 7 heavy (non-hydrogen) atoms. The van der Waals surface area contributed by atoms with Crippen molar-refractivity contribution in [2.24, 2.45) is 5.73 Å². The normalized spacial score (nSPS) is 7.57. The van der Waals surface area contributed by atoms with Gasteiger partial charge in [-0.2, -0.15) is 4.74 Å². The first-order chi connectivity index (χ1) is 3.31. The maximum absolute atomic E-state index is 10.1. The van der Waals surface area contributed by atoms with Gasteiger partial charge in [0.05, 0.1) is 6.54 Å². The molecule has 0 bridgehead atoms. The minimum Gasteiger partial charge on any atom is -0.615 e. The lowest BCUT2D eigenvalue weighted by atomic mass is 10.7. The van der Waals surface area contributed by atoms with Crippen LogP contribution in [0.4, 0.5) is 0 Å². The summed E-state index contributed by atoms with van der Waals surface area (Å²) in [5, 5.41) is 10.1. The molecule has 3 heteroatoms. The largest absolute Gasteiger partial charge is 0.615 e. The van der Waals surface area contributed by atoms with Gasteiger partial charge in [-0.1, -0.05) is 0 Å². The maximum atomic E-state index is 10.1. The van der Waals surface area contributed by atoms with Crippen molar-refractivity contribution in [3.63, 3.8) is 0 Å². The minimum atomic E-state index is 0.281. The third kappa shape index (κ3) is 3.03. The fourth-order valence-corrected chi connectivity index (χ4v) is 0.196. The molecular formula is C4H8N2O. The van der Waals surface area contributed by atoms with Crippen molar-refractivity contribution in [2.45, 2.75) is 0 Å². The number of nitrogens with zero attached hydrogens (tertiary/aromatic N) is 1. The molecule has 0 atom stereocenters. The highest BCUT2D eigenvalue weighted by atomic mass is 16.5. The molecule has 0 aromatic carbocycles. The summed E-state index contributed by atoms with van der Waals surface area (Å²) in [6.07, 6.45) is 0. The molecular weight excluding hydrogens is 92.1 g/mol. The van der Waals surface area contributed by atoms with Crippen LogP contribution in [-0.4, -0.2) is 23.7 Å². The van der Waals surface area contributed by atoms with Crippen LogP contribution in [0.3, 0.4) is 0 Å². The zero-order valence-corrected chi connectivity index (χ0v) is 4.05. The van der Waals surface area contributed by atoms with Crippen LogP contribution in [0.5, 0.6) is 0 Å². The van der Waals surface area contributed by atoms with Gasteiger partial charge in [-0.3, -0.25) is 0 Å². The van der Waals surface area contributed by atoms with Crippen LogP contribution < -0.4 is 5.73 Å². The number of hydrogen-bond donors (Lipinski definition) is 1. The molecule has 0 aliphatic rings. The van der Waals surface area contributed by atoms with Crippen LogP contribution in [0.25, 0.3) is 0 Å². The van der Waals surface area contributed by atoms with E-state index in [1.807, 2.05) is 0 Å². The van der Waals surface area contributed by atoms with E-state index in [9.17, 15) is 5.21 Å². The summed E-state index contributed by atoms with van der Waals surface area (Å²) < 4.78 is 0.569. The average Bonchev–Trinajstić information content (AvgIpc) is 1.68. The van der Waals surface area contributed by atoms with Gasteiger partial charge in [0.1, 0.15) is 0 Å². The predicted molar refractivity (Wildman–Crippen MR) is 28.2 cm³/mol. The highest BCUT2D eigenvalue weighted by molar-refractivity contribution is 5.39. The van der Waals surface area contributed by atoms with Crippen molar-refractivity contribution in [3.05, 3.63) is 11.8 Å². The van der Waals surface area contributed by atoms with E-state index in [0.29, 0.717) is 11.3 Å². The van der Waals surface area contributed by atoms with Crippen LogP contribution in [0.1, 0.15) is 0 Å². The van der Waals surface area contributed by atoms with Gasteiger partial charge >= 0.3 is 0 Å². The van der Waals surface area contributed by atoms with Gasteiger partial charge in [-0.15, -0.1) is 0 Å². The fourth-order valence-electron chi connectivity index (χ4n) is 0.196. The summed E-state index contributed by atoms with van der Waals surface area (Å²) >= 11 is 0. The van der Waals surface area contributed by atoms with E-state index < -0.39 is 0 Å². The summed E-state index contributed by atoms with van der Waals surface area (Å²) in [6.45, 7) is 3.75. The molecule has 0 amide bonds. The van der Waals surface area contributed by atoms with E-state index in [-0.39, 0.29) is 6.54 Å². The SMILES string of the molecule is C=C=[N+]([O-])CCN. The van der Waals surface area contributed by atoms with Gasteiger partial charge in [0, 0.05) is 6.58 Å². The smallest absolute Gasteiger partial charge is 0.175 e. The predicted octanol–water partition coefficient (Wildman–Crippen LogP) is -0.689. The Morgan fingerprint density at radius 3 is 2.57 bits per heavy atom. The molecule has 0 aromatic rings. The molecule has 3 nitrogen and oxygen atoms in total. The summed E-state index contributed by atoms with van der Waals surface area (Å²) in [6, 6.07) is 0. The maximum Gasteiger partial charge on any atom is 0.175 e. The van der Waals surface area contributed by atoms with E-state index >= 15 is 0 Å². The monoisotopic (exact) mass is 100 g/mol. The van der Waals surface area contributed by atoms with E-state index in [4.69, 9.17) is 5.73 Å². The lowest BCUT2D eigenvalue weighted by molar-refractivity contribution is -0.447. The molecule has 2 N–H and O–H groups in total. The van der Waals surface area contributed by atoms with Gasteiger partial charge < -0.3 is 10.9 Å². The Morgan fingerprint density at radius 1 is 1.86 bits per heavy atom. The van der Waals surface area contributed by atoms with Crippen LogP contribution in [-0.2, 0) is 0 Å². The van der Waals surface area contributed by atoms with E-state index in [1.165, 1.54) is 0 Å². The minimum absolute atomic E-state index is 0.281. The average molecular weight is 100 g/mol. The highest BCUT2D eigenvalue weighted by Crippen LogP contribution is 1.58. The van der Waals surface area contributed by atoms with E-state index in [2.05, 4.69) is 12.4 Å². The molecule has 0 aromatic heterocycles. The molecule has 0 unspecified atom stereocenters. The second kappa shape index (κ2) is 3.40. The third-order valence-electron chi connectivity index (χ3n) is 0.509. The number of hydrogen-bond acceptors (Lipinski definition) is 2. The van der Waals surface area contributed by atoms with Crippen molar-refractivity contribution in [1.82, 2.24) is 0 Å². The lowest BCUT2D eigenvalue weighted by Gasteiger charge is -1.93. The van der Waals surface area contributed by atoms with Gasteiger partial charge in [0.25, 0.3) is 0 Å². The Hall–Kier alpha value is -0.790. The zero-order valence-electron chi connectivity index (χ0n) is 4.05. The molecule has 0 fully saturated rings. The molecule has 40 valence electrons. The summed E-state index contributed by atoms with van der Waals surface area (Å²) in [7, 11) is 0. The number of rotatable bonds is 2. The molecule has 0 rings (SSSR count). The number of hydroxylamine groups is 1. The molecule has 0 aliphatic carbocycles. The van der Waals surface area contributed by atoms with Crippen molar-refractivity contribution < 1.29 is 4.74 Å². The molecule has 0 heterocycles. The standard InChI is InChI=1S/C4H8N2O/c1-2-6(7)4-3-5/h1,3-5H2. The molecule has 0 saturated carbocycles. The lowest BCUT2D eigenvalue weighted by Crippen LogP contribution is -2.14. The second-order valence-corrected chi connectivity index (χ2v) is 1.05. The van der Waals surface area contributed by atoms with E-state index in [1.54, 1.807) is 0 Å². The molecule has 0 saturated heterocycles. The van der Waals surface area contributed by atoms with Crippen molar-refractivity contribution >= 4 is 5.87 Å². The first-order valence-corrected chi connectivity index (χ1v) is 1.98. The van der Waals surface area contributed by atoms with Crippen molar-refractivity contribution in [1.29, 1.82) is 0 Å². The Labute approximate surface area is 42.3 Å². The van der Waals surface area contributed by atoms with Gasteiger partial charge in [0.15, 0.2) is 12.4 Å². The van der Waals surface area contributed by atoms with Crippen LogP contribution >= 0.6 is 0 Å². The molecule has 0 radical (unpaired) electrons. The second-order valence-electron chi connectivity index (χ2n) is 1.05. The van der Waals surface area contributed by atoms with Gasteiger partial charge in [-0.25, -0.2) is 0 Å². The van der Waals surface area contributed by atoms with Gasteiger partial charge in [-0.05, 0) is 0 Å². The van der Waals surface area contributed by atoms with Crippen molar-refractivity contribution in [3.8, 4) is 0 Å². The fraction of sp³-hybridized carbons (Fsp3) is 0.500. The van der Waals surface area contributed by atoms with Crippen LogP contribution in [0, 0.1) is 5.21 Å². The number of nitrogens with two attached hydrogens (primary N) is 1. The Kier molecular flexibility index (Phi) is 3.02. The first kappa shape index (κ1) is 6.21. The zero-order chi connectivity index (χ0) is 5.70. The highest BCUT2D eigenvalue weighted by Gasteiger charge is 1.81. The summed E-state index contributed by atoms with van der Waals surface area (Å²) in [4.78, 5) is 0.